The third-order valence-corrected chi connectivity index (χ3v) is 2.49. The normalized spacial score (nSPS) is 10.3. The van der Waals surface area contributed by atoms with Crippen molar-refractivity contribution in [2.45, 2.75) is 6.42 Å². The second-order valence-electron chi connectivity index (χ2n) is 3.73. The van der Waals surface area contributed by atoms with Gasteiger partial charge in [-0.05, 0) is 18.2 Å². The van der Waals surface area contributed by atoms with Gasteiger partial charge in [0.05, 0.1) is 0 Å². The summed E-state index contributed by atoms with van der Waals surface area (Å²) in [4.78, 5) is 10.6. The molecule has 0 aliphatic rings. The maximum atomic E-state index is 10.6. The Hall–Kier alpha value is -2.44. The van der Waals surface area contributed by atoms with Crippen LogP contribution in [0, 0.1) is 0 Å². The largest absolute Gasteiger partial charge is 0.476 e. The highest BCUT2D eigenvalue weighted by molar-refractivity contribution is 5.85. The van der Waals surface area contributed by atoms with Crippen molar-refractivity contribution < 1.29 is 9.90 Å². The van der Waals surface area contributed by atoms with Crippen LogP contribution in [0.1, 0.15) is 16.2 Å². The smallest absolute Gasteiger partial charge is 0.356 e. The molecule has 7 heteroatoms. The molecule has 0 radical (unpaired) electrons. The van der Waals surface area contributed by atoms with Crippen LogP contribution in [-0.2, 0) is 13.5 Å². The highest BCUT2D eigenvalue weighted by Gasteiger charge is 2.04. The summed E-state index contributed by atoms with van der Waals surface area (Å²) >= 11 is 0. The molecule has 0 aromatic carbocycles. The molecule has 2 heterocycles. The fourth-order valence-electron chi connectivity index (χ4n) is 1.51. The van der Waals surface area contributed by atoms with Crippen molar-refractivity contribution in [1.82, 2.24) is 20.0 Å². The molecule has 2 aromatic rings. The summed E-state index contributed by atoms with van der Waals surface area (Å²) in [6, 6.07) is 4.96. The van der Waals surface area contributed by atoms with Crippen LogP contribution in [0.2, 0.25) is 0 Å². The van der Waals surface area contributed by atoms with Gasteiger partial charge in [0.1, 0.15) is 5.82 Å². The van der Waals surface area contributed by atoms with Gasteiger partial charge < -0.3 is 10.4 Å². The van der Waals surface area contributed by atoms with Crippen molar-refractivity contribution in [3.63, 3.8) is 0 Å². The zero-order chi connectivity index (χ0) is 13.0. The van der Waals surface area contributed by atoms with E-state index in [1.54, 1.807) is 16.9 Å². The molecule has 2 aromatic heterocycles. The van der Waals surface area contributed by atoms with Crippen LogP contribution in [0.4, 0.5) is 5.82 Å². The van der Waals surface area contributed by atoms with Gasteiger partial charge in [-0.15, -0.1) is 10.2 Å². The van der Waals surface area contributed by atoms with Crippen molar-refractivity contribution in [1.29, 1.82) is 0 Å². The van der Waals surface area contributed by atoms with Gasteiger partial charge in [0, 0.05) is 31.9 Å². The van der Waals surface area contributed by atoms with E-state index >= 15 is 0 Å². The fraction of sp³-hybridized carbons (Fsp3) is 0.273. The highest BCUT2D eigenvalue weighted by Crippen LogP contribution is 2.03. The lowest BCUT2D eigenvalue weighted by Crippen LogP contribution is -2.10. The standard InChI is InChI=1S/C11H13N5O2/c1-16-8(5-7-13-16)4-6-12-10-3-2-9(11(17)18)14-15-10/h2-3,5,7H,4,6H2,1H3,(H,12,15)(H,17,18). The third-order valence-electron chi connectivity index (χ3n) is 2.49. The van der Waals surface area contributed by atoms with Crippen LogP contribution >= 0.6 is 0 Å². The Morgan fingerprint density at radius 1 is 1.39 bits per heavy atom. The molecule has 0 fully saturated rings. The quantitative estimate of drug-likeness (QED) is 0.802. The summed E-state index contributed by atoms with van der Waals surface area (Å²) in [7, 11) is 1.89. The molecular weight excluding hydrogens is 234 g/mol. The van der Waals surface area contributed by atoms with Crippen LogP contribution in [0.25, 0.3) is 0 Å². The molecule has 94 valence electrons. The lowest BCUT2D eigenvalue weighted by atomic mass is 10.3. The lowest BCUT2D eigenvalue weighted by Gasteiger charge is -2.05. The number of carboxylic acids is 1. The highest BCUT2D eigenvalue weighted by atomic mass is 16.4. The van der Waals surface area contributed by atoms with E-state index in [1.165, 1.54) is 6.07 Å². The van der Waals surface area contributed by atoms with Crippen molar-refractivity contribution in [3.05, 3.63) is 35.8 Å². The Bertz CT molecular complexity index is 535. The number of carbonyl (C=O) groups is 1. The SMILES string of the molecule is Cn1nccc1CCNc1ccc(C(=O)O)nn1. The van der Waals surface area contributed by atoms with E-state index < -0.39 is 5.97 Å². The Morgan fingerprint density at radius 2 is 2.22 bits per heavy atom. The Kier molecular flexibility index (Phi) is 3.52. The van der Waals surface area contributed by atoms with Crippen LogP contribution in [0.5, 0.6) is 0 Å². The summed E-state index contributed by atoms with van der Waals surface area (Å²) in [5.41, 5.74) is 1.05. The van der Waals surface area contributed by atoms with Gasteiger partial charge in [0.15, 0.2) is 5.69 Å². The Balaban J connectivity index is 1.87. The zero-order valence-electron chi connectivity index (χ0n) is 9.87. The number of aryl methyl sites for hydroxylation is 1. The number of hydrogen-bond acceptors (Lipinski definition) is 5. The first kappa shape index (κ1) is 12.0. The molecule has 2 rings (SSSR count). The van der Waals surface area contributed by atoms with E-state index in [9.17, 15) is 4.79 Å². The van der Waals surface area contributed by atoms with E-state index in [0.717, 1.165) is 12.1 Å². The summed E-state index contributed by atoms with van der Waals surface area (Å²) < 4.78 is 1.81. The molecule has 0 amide bonds. The number of carboxylic acid groups (broad SMARTS) is 1. The van der Waals surface area contributed by atoms with E-state index in [0.29, 0.717) is 12.4 Å². The van der Waals surface area contributed by atoms with Gasteiger partial charge in [0.2, 0.25) is 0 Å². The van der Waals surface area contributed by atoms with Crippen LogP contribution in [0.3, 0.4) is 0 Å². The first-order chi connectivity index (χ1) is 8.66. The zero-order valence-corrected chi connectivity index (χ0v) is 9.87. The second kappa shape index (κ2) is 5.26. The molecule has 7 nitrogen and oxygen atoms in total. The van der Waals surface area contributed by atoms with Gasteiger partial charge in [-0.2, -0.15) is 5.10 Å². The number of rotatable bonds is 5. The summed E-state index contributed by atoms with van der Waals surface area (Å²) in [6.07, 6.45) is 2.55. The number of aromatic nitrogens is 4. The van der Waals surface area contributed by atoms with Crippen molar-refractivity contribution in [2.75, 3.05) is 11.9 Å². The first-order valence-corrected chi connectivity index (χ1v) is 5.44. The third kappa shape index (κ3) is 2.82. The molecule has 0 atom stereocenters. The number of nitrogens with one attached hydrogen (secondary N) is 1. The maximum absolute atomic E-state index is 10.6. The van der Waals surface area contributed by atoms with Crippen LogP contribution in [0.15, 0.2) is 24.4 Å². The maximum Gasteiger partial charge on any atom is 0.356 e. The van der Waals surface area contributed by atoms with E-state index in [1.807, 2.05) is 13.1 Å². The molecule has 0 saturated heterocycles. The van der Waals surface area contributed by atoms with Crippen molar-refractivity contribution >= 4 is 11.8 Å². The topological polar surface area (TPSA) is 92.9 Å². The monoisotopic (exact) mass is 247 g/mol. The number of aromatic carboxylic acids is 1. The van der Waals surface area contributed by atoms with E-state index in [2.05, 4.69) is 20.6 Å². The number of nitrogens with zero attached hydrogens (tertiary/aromatic N) is 4. The molecule has 0 aliphatic heterocycles. The predicted molar refractivity (Wildman–Crippen MR) is 64.4 cm³/mol. The van der Waals surface area contributed by atoms with Gasteiger partial charge in [0.25, 0.3) is 0 Å². The van der Waals surface area contributed by atoms with Gasteiger partial charge in [-0.3, -0.25) is 4.68 Å². The Labute approximate surface area is 103 Å². The number of anilines is 1. The van der Waals surface area contributed by atoms with E-state index in [4.69, 9.17) is 5.11 Å². The average molecular weight is 247 g/mol. The average Bonchev–Trinajstić information content (AvgIpc) is 2.76. The van der Waals surface area contributed by atoms with Gasteiger partial charge in [-0.25, -0.2) is 4.79 Å². The van der Waals surface area contributed by atoms with Gasteiger partial charge >= 0.3 is 5.97 Å². The molecular formula is C11H13N5O2. The summed E-state index contributed by atoms with van der Waals surface area (Å²) in [6.45, 7) is 0.681. The molecule has 2 N–H and O–H groups in total. The Morgan fingerprint density at radius 3 is 2.78 bits per heavy atom. The molecule has 0 aliphatic carbocycles. The second-order valence-corrected chi connectivity index (χ2v) is 3.73. The minimum absolute atomic E-state index is 0.0628. The molecule has 18 heavy (non-hydrogen) atoms. The summed E-state index contributed by atoms with van der Waals surface area (Å²) in [5.74, 6) is -0.522. The minimum atomic E-state index is -1.08. The molecule has 0 spiro atoms. The van der Waals surface area contributed by atoms with Crippen molar-refractivity contribution in [2.24, 2.45) is 7.05 Å². The minimum Gasteiger partial charge on any atom is -0.476 e. The first-order valence-electron chi connectivity index (χ1n) is 5.44. The van der Waals surface area contributed by atoms with Crippen LogP contribution < -0.4 is 5.32 Å². The van der Waals surface area contributed by atoms with Gasteiger partial charge in [-0.1, -0.05) is 0 Å². The van der Waals surface area contributed by atoms with E-state index in [-0.39, 0.29) is 5.69 Å². The molecule has 0 saturated carbocycles. The predicted octanol–water partition coefficient (Wildman–Crippen LogP) is 0.563. The molecule has 0 unspecified atom stereocenters. The lowest BCUT2D eigenvalue weighted by molar-refractivity contribution is 0.0689. The van der Waals surface area contributed by atoms with Crippen LogP contribution in [-0.4, -0.2) is 37.6 Å². The summed E-state index contributed by atoms with van der Waals surface area (Å²) in [5, 5.41) is 23.2. The number of hydrogen-bond donors (Lipinski definition) is 2. The van der Waals surface area contributed by atoms with Crippen molar-refractivity contribution in [3.8, 4) is 0 Å². The molecule has 0 bridgehead atoms. The fourth-order valence-corrected chi connectivity index (χ4v) is 1.51.